The summed E-state index contributed by atoms with van der Waals surface area (Å²) >= 11 is 0. The van der Waals surface area contributed by atoms with Crippen LogP contribution in [0.4, 0.5) is 4.39 Å². The molecule has 6 heteroatoms. The third-order valence-electron chi connectivity index (χ3n) is 6.77. The highest BCUT2D eigenvalue weighted by Gasteiger charge is 2.31. The molecule has 5 nitrogen and oxygen atoms in total. The van der Waals surface area contributed by atoms with Gasteiger partial charge < -0.3 is 14.6 Å². The lowest BCUT2D eigenvalue weighted by molar-refractivity contribution is -0.0177. The number of rotatable bonds is 9. The van der Waals surface area contributed by atoms with Gasteiger partial charge in [-0.3, -0.25) is 9.80 Å². The third-order valence-corrected chi connectivity index (χ3v) is 6.77. The van der Waals surface area contributed by atoms with Gasteiger partial charge in [-0.2, -0.15) is 0 Å². The monoisotopic (exact) mass is 456 g/mol. The van der Waals surface area contributed by atoms with Crippen molar-refractivity contribution in [3.63, 3.8) is 0 Å². The molecule has 0 spiro atoms. The minimum Gasteiger partial charge on any atom is -0.492 e. The highest BCUT2D eigenvalue weighted by atomic mass is 19.1. The Kier molecular flexibility index (Phi) is 8.59. The Morgan fingerprint density at radius 2 is 1.67 bits per heavy atom. The van der Waals surface area contributed by atoms with Crippen LogP contribution in [0.5, 0.6) is 11.5 Å². The summed E-state index contributed by atoms with van der Waals surface area (Å²) in [7, 11) is 0. The number of hydrogen-bond acceptors (Lipinski definition) is 5. The molecule has 1 N–H and O–H groups in total. The van der Waals surface area contributed by atoms with Crippen LogP contribution < -0.4 is 9.47 Å². The molecule has 2 aliphatic rings. The van der Waals surface area contributed by atoms with E-state index in [0.717, 1.165) is 45.0 Å². The highest BCUT2D eigenvalue weighted by Crippen LogP contribution is 2.26. The van der Waals surface area contributed by atoms with E-state index < -0.39 is 11.4 Å². The second kappa shape index (κ2) is 11.8. The molecule has 2 aromatic carbocycles. The lowest BCUT2D eigenvalue weighted by atomic mass is 9.96. The van der Waals surface area contributed by atoms with Gasteiger partial charge in [0.25, 0.3) is 0 Å². The Bertz CT molecular complexity index is 874. The van der Waals surface area contributed by atoms with Crippen LogP contribution in [-0.4, -0.2) is 66.4 Å². The topological polar surface area (TPSA) is 45.2 Å². The fourth-order valence-electron chi connectivity index (χ4n) is 4.78. The number of likely N-dealkylation sites (tertiary alicyclic amines) is 2. The summed E-state index contributed by atoms with van der Waals surface area (Å²) in [4.78, 5) is 4.86. The molecule has 2 aliphatic heterocycles. The Morgan fingerprint density at radius 3 is 2.52 bits per heavy atom. The van der Waals surface area contributed by atoms with Crippen LogP contribution in [0.25, 0.3) is 0 Å². The van der Waals surface area contributed by atoms with Crippen LogP contribution in [0.15, 0.2) is 48.5 Å². The van der Waals surface area contributed by atoms with Gasteiger partial charge in [0.2, 0.25) is 0 Å². The summed E-state index contributed by atoms with van der Waals surface area (Å²) < 4.78 is 25.5. The first-order chi connectivity index (χ1) is 16.1. The minimum absolute atomic E-state index is 0.113. The molecule has 1 atom stereocenters. The molecule has 0 bridgehead atoms. The SMILES string of the molecule is OC1(COc2ccccc2F)CCCN(Cc2cccc(OCCN3CCCCC3)c2)CC1. The molecular weight excluding hydrogens is 419 g/mol. The molecule has 2 fully saturated rings. The van der Waals surface area contributed by atoms with Gasteiger partial charge >= 0.3 is 0 Å². The summed E-state index contributed by atoms with van der Waals surface area (Å²) in [6.45, 7) is 6.73. The van der Waals surface area contributed by atoms with E-state index in [9.17, 15) is 9.50 Å². The largest absolute Gasteiger partial charge is 0.492 e. The normalized spacial score (nSPS) is 22.6. The van der Waals surface area contributed by atoms with Crippen molar-refractivity contribution in [3.05, 3.63) is 59.9 Å². The van der Waals surface area contributed by atoms with Crippen molar-refractivity contribution >= 4 is 0 Å². The lowest BCUT2D eigenvalue weighted by Crippen LogP contribution is -2.37. The number of halogens is 1. The molecule has 2 heterocycles. The maximum Gasteiger partial charge on any atom is 0.165 e. The summed E-state index contributed by atoms with van der Waals surface area (Å²) in [6, 6.07) is 14.7. The molecule has 33 heavy (non-hydrogen) atoms. The standard InChI is InChI=1S/C27H37FN2O3/c28-25-10-2-3-11-26(25)33-22-27(31)12-7-16-30(17-13-27)21-23-8-6-9-24(20-23)32-19-18-29-14-4-1-5-15-29/h2-3,6,8-11,20,31H,1,4-5,7,12-19,21-22H2. The number of piperidine rings is 1. The van der Waals surface area contributed by atoms with Crippen molar-refractivity contribution < 1.29 is 19.0 Å². The van der Waals surface area contributed by atoms with Crippen LogP contribution in [0, 0.1) is 5.82 Å². The maximum atomic E-state index is 13.8. The molecule has 0 amide bonds. The van der Waals surface area contributed by atoms with Crippen molar-refractivity contribution in [2.24, 2.45) is 0 Å². The second-order valence-corrected chi connectivity index (χ2v) is 9.47. The Hall–Kier alpha value is -2.15. The Morgan fingerprint density at radius 1 is 0.848 bits per heavy atom. The molecule has 1 unspecified atom stereocenters. The van der Waals surface area contributed by atoms with Crippen LogP contribution in [-0.2, 0) is 6.54 Å². The van der Waals surface area contributed by atoms with Gasteiger partial charge in [-0.05, 0) is 81.6 Å². The predicted molar refractivity (Wildman–Crippen MR) is 128 cm³/mol. The summed E-state index contributed by atoms with van der Waals surface area (Å²) in [5, 5.41) is 11.0. The van der Waals surface area contributed by atoms with E-state index >= 15 is 0 Å². The molecule has 180 valence electrons. The van der Waals surface area contributed by atoms with E-state index in [1.807, 2.05) is 6.07 Å². The second-order valence-electron chi connectivity index (χ2n) is 9.47. The predicted octanol–water partition coefficient (Wildman–Crippen LogP) is 4.49. The zero-order valence-electron chi connectivity index (χ0n) is 19.6. The first kappa shape index (κ1) is 24.0. The number of hydrogen-bond donors (Lipinski definition) is 1. The van der Waals surface area contributed by atoms with E-state index in [2.05, 4.69) is 28.0 Å². The van der Waals surface area contributed by atoms with E-state index in [-0.39, 0.29) is 12.4 Å². The van der Waals surface area contributed by atoms with Gasteiger partial charge in [-0.1, -0.05) is 30.7 Å². The summed E-state index contributed by atoms with van der Waals surface area (Å²) in [5.41, 5.74) is 0.287. The van der Waals surface area contributed by atoms with E-state index in [1.165, 1.54) is 44.0 Å². The molecule has 0 aliphatic carbocycles. The number of ether oxygens (including phenoxy) is 2. The highest BCUT2D eigenvalue weighted by molar-refractivity contribution is 5.28. The molecule has 0 radical (unpaired) electrons. The van der Waals surface area contributed by atoms with Gasteiger partial charge in [-0.15, -0.1) is 0 Å². The van der Waals surface area contributed by atoms with E-state index in [4.69, 9.17) is 9.47 Å². The molecule has 2 saturated heterocycles. The quantitative estimate of drug-likeness (QED) is 0.603. The van der Waals surface area contributed by atoms with Gasteiger partial charge in [0, 0.05) is 19.6 Å². The number of nitrogens with zero attached hydrogens (tertiary/aromatic N) is 2. The molecule has 0 saturated carbocycles. The Labute approximate surface area is 197 Å². The van der Waals surface area contributed by atoms with Crippen molar-refractivity contribution in [1.29, 1.82) is 0 Å². The summed E-state index contributed by atoms with van der Waals surface area (Å²) in [5.74, 6) is 0.729. The van der Waals surface area contributed by atoms with E-state index in [1.54, 1.807) is 18.2 Å². The third kappa shape index (κ3) is 7.42. The van der Waals surface area contributed by atoms with Crippen LogP contribution in [0.3, 0.4) is 0 Å². The minimum atomic E-state index is -0.934. The molecule has 4 rings (SSSR count). The number of benzene rings is 2. The molecular formula is C27H37FN2O3. The number of para-hydroxylation sites is 1. The summed E-state index contributed by atoms with van der Waals surface area (Å²) in [6.07, 6.45) is 6.09. The van der Waals surface area contributed by atoms with Crippen molar-refractivity contribution in [3.8, 4) is 11.5 Å². The van der Waals surface area contributed by atoms with Gasteiger partial charge in [0.1, 0.15) is 19.0 Å². The number of aliphatic hydroxyl groups is 1. The Balaban J connectivity index is 1.24. The molecule has 0 aromatic heterocycles. The first-order valence-corrected chi connectivity index (χ1v) is 12.4. The van der Waals surface area contributed by atoms with Crippen molar-refractivity contribution in [2.45, 2.75) is 50.7 Å². The van der Waals surface area contributed by atoms with Crippen LogP contribution in [0.1, 0.15) is 44.1 Å². The lowest BCUT2D eigenvalue weighted by Gasteiger charge is -2.27. The smallest absolute Gasteiger partial charge is 0.165 e. The van der Waals surface area contributed by atoms with Gasteiger partial charge in [0.15, 0.2) is 11.6 Å². The first-order valence-electron chi connectivity index (χ1n) is 12.4. The fraction of sp³-hybridized carbons (Fsp3) is 0.556. The average Bonchev–Trinajstić information content (AvgIpc) is 3.01. The average molecular weight is 457 g/mol. The van der Waals surface area contributed by atoms with Crippen molar-refractivity contribution in [2.75, 3.05) is 45.9 Å². The van der Waals surface area contributed by atoms with Crippen LogP contribution >= 0.6 is 0 Å². The zero-order valence-corrected chi connectivity index (χ0v) is 19.6. The van der Waals surface area contributed by atoms with Gasteiger partial charge in [-0.25, -0.2) is 4.39 Å². The van der Waals surface area contributed by atoms with E-state index in [0.29, 0.717) is 12.8 Å². The maximum absolute atomic E-state index is 13.8. The zero-order chi connectivity index (χ0) is 22.9. The van der Waals surface area contributed by atoms with Crippen LogP contribution in [0.2, 0.25) is 0 Å². The van der Waals surface area contributed by atoms with Gasteiger partial charge in [0.05, 0.1) is 5.60 Å². The van der Waals surface area contributed by atoms with Crippen molar-refractivity contribution in [1.82, 2.24) is 9.80 Å². The molecule has 2 aromatic rings. The fourth-order valence-corrected chi connectivity index (χ4v) is 4.78.